The Morgan fingerprint density at radius 1 is 1.15 bits per heavy atom. The number of unbranched alkanes of at least 4 members (excludes halogenated alkanes) is 1. The first-order valence-corrected chi connectivity index (χ1v) is 8.66. The zero-order chi connectivity index (χ0) is 18.9. The van der Waals surface area contributed by atoms with E-state index >= 15 is 0 Å². The van der Waals surface area contributed by atoms with E-state index in [-0.39, 0.29) is 11.8 Å². The minimum atomic E-state index is -0.265. The van der Waals surface area contributed by atoms with Crippen LogP contribution in [-0.4, -0.2) is 42.4 Å². The summed E-state index contributed by atoms with van der Waals surface area (Å²) in [6.45, 7) is 3.15. The van der Waals surface area contributed by atoms with Crippen molar-refractivity contribution in [2.45, 2.75) is 26.3 Å². The molecule has 0 saturated heterocycles. The number of carbonyl (C=O) groups is 2. The Morgan fingerprint density at radius 2 is 1.85 bits per heavy atom. The summed E-state index contributed by atoms with van der Waals surface area (Å²) in [5, 5.41) is 2.84. The summed E-state index contributed by atoms with van der Waals surface area (Å²) in [4.78, 5) is 30.5. The molecule has 6 heteroatoms. The third kappa shape index (κ3) is 5.31. The average molecular weight is 355 g/mol. The van der Waals surface area contributed by atoms with Gasteiger partial charge in [-0.2, -0.15) is 0 Å². The molecule has 26 heavy (non-hydrogen) atoms. The summed E-state index contributed by atoms with van der Waals surface area (Å²) in [5.74, 6) is 0.373. The highest BCUT2D eigenvalue weighted by atomic mass is 16.5. The Bertz CT molecular complexity index is 744. The van der Waals surface area contributed by atoms with Crippen LogP contribution in [0.2, 0.25) is 0 Å². The van der Waals surface area contributed by atoms with Crippen LogP contribution in [0.1, 0.15) is 46.0 Å². The Hall–Kier alpha value is -2.89. The van der Waals surface area contributed by atoms with Crippen LogP contribution in [0.15, 0.2) is 42.7 Å². The van der Waals surface area contributed by atoms with Gasteiger partial charge in [0.15, 0.2) is 0 Å². The number of nitrogens with one attached hydrogen (secondary N) is 1. The van der Waals surface area contributed by atoms with Crippen LogP contribution < -0.4 is 10.1 Å². The summed E-state index contributed by atoms with van der Waals surface area (Å²) in [6.07, 6.45) is 4.92. The van der Waals surface area contributed by atoms with Crippen LogP contribution in [-0.2, 0) is 6.54 Å². The number of carbonyl (C=O) groups excluding carboxylic acids is 2. The molecule has 0 aliphatic rings. The number of methoxy groups -OCH3 is 1. The lowest BCUT2D eigenvalue weighted by atomic mass is 10.1. The molecule has 1 heterocycles. The molecule has 1 N–H and O–H groups in total. The number of rotatable bonds is 8. The van der Waals surface area contributed by atoms with Gasteiger partial charge in [-0.1, -0.05) is 25.5 Å². The molecule has 0 spiro atoms. The molecule has 0 saturated carbocycles. The molecule has 0 fully saturated rings. The molecule has 138 valence electrons. The van der Waals surface area contributed by atoms with Crippen molar-refractivity contribution < 1.29 is 14.3 Å². The van der Waals surface area contributed by atoms with Crippen LogP contribution in [0, 0.1) is 0 Å². The van der Waals surface area contributed by atoms with Gasteiger partial charge in [0.25, 0.3) is 11.8 Å². The number of pyridine rings is 1. The number of benzene rings is 1. The zero-order valence-electron chi connectivity index (χ0n) is 15.5. The summed E-state index contributed by atoms with van der Waals surface area (Å²) in [5.41, 5.74) is 1.74. The summed E-state index contributed by atoms with van der Waals surface area (Å²) >= 11 is 0. The number of aromatic nitrogens is 1. The van der Waals surface area contributed by atoms with E-state index in [0.717, 1.165) is 24.2 Å². The highest BCUT2D eigenvalue weighted by Gasteiger charge is 2.14. The standard InChI is InChI=1S/C20H25N3O3/c1-4-5-10-23(2)20(25)17-11-16(13-21-14-17)19(24)22-12-15-6-8-18(26-3)9-7-15/h6-9,11,13-14H,4-5,10,12H2,1-3H3,(H,22,24). The van der Waals surface area contributed by atoms with Gasteiger partial charge in [0.1, 0.15) is 5.75 Å². The van der Waals surface area contributed by atoms with E-state index in [1.54, 1.807) is 25.1 Å². The first-order valence-electron chi connectivity index (χ1n) is 8.66. The molecule has 0 radical (unpaired) electrons. The van der Waals surface area contributed by atoms with E-state index in [0.29, 0.717) is 24.2 Å². The fraction of sp³-hybridized carbons (Fsp3) is 0.350. The largest absolute Gasteiger partial charge is 0.497 e. The third-order valence-corrected chi connectivity index (χ3v) is 4.05. The molecule has 0 aliphatic heterocycles. The Morgan fingerprint density at radius 3 is 2.50 bits per heavy atom. The predicted octanol–water partition coefficient (Wildman–Crippen LogP) is 2.89. The third-order valence-electron chi connectivity index (χ3n) is 4.05. The normalized spacial score (nSPS) is 10.3. The molecule has 1 aromatic heterocycles. The van der Waals surface area contributed by atoms with E-state index < -0.39 is 0 Å². The zero-order valence-corrected chi connectivity index (χ0v) is 15.5. The minimum Gasteiger partial charge on any atom is -0.497 e. The van der Waals surface area contributed by atoms with Gasteiger partial charge in [0, 0.05) is 32.5 Å². The lowest BCUT2D eigenvalue weighted by Gasteiger charge is -2.16. The molecule has 0 bridgehead atoms. The topological polar surface area (TPSA) is 71.5 Å². The fourth-order valence-corrected chi connectivity index (χ4v) is 2.43. The Labute approximate surface area is 154 Å². The SMILES string of the molecule is CCCCN(C)C(=O)c1cncc(C(=O)NCc2ccc(OC)cc2)c1. The summed E-state index contributed by atoms with van der Waals surface area (Å²) < 4.78 is 5.11. The van der Waals surface area contributed by atoms with E-state index in [4.69, 9.17) is 4.74 Å². The van der Waals surface area contributed by atoms with Crippen molar-refractivity contribution in [3.63, 3.8) is 0 Å². The van der Waals surface area contributed by atoms with Gasteiger partial charge in [0.2, 0.25) is 0 Å². The van der Waals surface area contributed by atoms with Gasteiger partial charge in [-0.3, -0.25) is 14.6 Å². The lowest BCUT2D eigenvalue weighted by molar-refractivity contribution is 0.0793. The number of amides is 2. The molecular weight excluding hydrogens is 330 g/mol. The van der Waals surface area contributed by atoms with Gasteiger partial charge in [-0.15, -0.1) is 0 Å². The van der Waals surface area contributed by atoms with E-state index in [9.17, 15) is 9.59 Å². The van der Waals surface area contributed by atoms with Crippen molar-refractivity contribution in [3.05, 3.63) is 59.4 Å². The summed E-state index contributed by atoms with van der Waals surface area (Å²) in [7, 11) is 3.37. The predicted molar refractivity (Wildman–Crippen MR) is 100 cm³/mol. The maximum Gasteiger partial charge on any atom is 0.255 e. The van der Waals surface area contributed by atoms with E-state index in [2.05, 4.69) is 17.2 Å². The molecule has 2 aromatic rings. The van der Waals surface area contributed by atoms with Gasteiger partial charge in [-0.05, 0) is 30.2 Å². The smallest absolute Gasteiger partial charge is 0.255 e. The first-order chi connectivity index (χ1) is 12.5. The summed E-state index contributed by atoms with van der Waals surface area (Å²) in [6, 6.07) is 9.05. The van der Waals surface area contributed by atoms with E-state index in [1.165, 1.54) is 12.4 Å². The number of hydrogen-bond donors (Lipinski definition) is 1. The van der Waals surface area contributed by atoms with Gasteiger partial charge >= 0.3 is 0 Å². The van der Waals surface area contributed by atoms with Crippen LogP contribution in [0.3, 0.4) is 0 Å². The van der Waals surface area contributed by atoms with Crippen molar-refractivity contribution in [2.24, 2.45) is 0 Å². The second kappa shape index (κ2) is 9.56. The maximum absolute atomic E-state index is 12.4. The maximum atomic E-state index is 12.4. The molecule has 0 aliphatic carbocycles. The van der Waals surface area contributed by atoms with Crippen LogP contribution in [0.25, 0.3) is 0 Å². The fourth-order valence-electron chi connectivity index (χ4n) is 2.43. The molecule has 0 unspecified atom stereocenters. The van der Waals surface area contributed by atoms with Crippen LogP contribution >= 0.6 is 0 Å². The van der Waals surface area contributed by atoms with E-state index in [1.807, 2.05) is 24.3 Å². The van der Waals surface area contributed by atoms with Crippen molar-refractivity contribution >= 4 is 11.8 Å². The second-order valence-corrected chi connectivity index (χ2v) is 6.07. The number of hydrogen-bond acceptors (Lipinski definition) is 4. The molecular formula is C20H25N3O3. The molecule has 6 nitrogen and oxygen atoms in total. The van der Waals surface area contributed by atoms with Crippen molar-refractivity contribution in [1.82, 2.24) is 15.2 Å². The monoisotopic (exact) mass is 355 g/mol. The Kier molecular flexibility index (Phi) is 7.14. The number of ether oxygens (including phenoxy) is 1. The first kappa shape index (κ1) is 19.4. The van der Waals surface area contributed by atoms with Crippen LogP contribution in [0.5, 0.6) is 5.75 Å². The molecule has 2 rings (SSSR count). The minimum absolute atomic E-state index is 0.129. The average Bonchev–Trinajstić information content (AvgIpc) is 2.70. The van der Waals surface area contributed by atoms with Crippen molar-refractivity contribution in [2.75, 3.05) is 20.7 Å². The molecule has 1 aromatic carbocycles. The number of nitrogens with zero attached hydrogens (tertiary/aromatic N) is 2. The Balaban J connectivity index is 1.99. The van der Waals surface area contributed by atoms with Gasteiger partial charge < -0.3 is 15.0 Å². The highest BCUT2D eigenvalue weighted by molar-refractivity contribution is 5.99. The van der Waals surface area contributed by atoms with Crippen molar-refractivity contribution in [3.8, 4) is 5.75 Å². The van der Waals surface area contributed by atoms with Crippen molar-refractivity contribution in [1.29, 1.82) is 0 Å². The molecule has 0 atom stereocenters. The lowest BCUT2D eigenvalue weighted by Crippen LogP contribution is -2.28. The van der Waals surface area contributed by atoms with Gasteiger partial charge in [0.05, 0.1) is 18.2 Å². The quantitative estimate of drug-likeness (QED) is 0.790. The van der Waals surface area contributed by atoms with Gasteiger partial charge in [-0.25, -0.2) is 0 Å². The molecule has 2 amide bonds. The van der Waals surface area contributed by atoms with Crippen LogP contribution in [0.4, 0.5) is 0 Å². The highest BCUT2D eigenvalue weighted by Crippen LogP contribution is 2.11. The second-order valence-electron chi connectivity index (χ2n) is 6.07.